The fourth-order valence-electron chi connectivity index (χ4n) is 0.201. The third-order valence-corrected chi connectivity index (χ3v) is 3.27. The summed E-state index contributed by atoms with van der Waals surface area (Å²) in [6.45, 7) is 0.796. The molecular formula is C2H4Cl2OSi. The van der Waals surface area contributed by atoms with E-state index in [0.29, 0.717) is 0 Å². The van der Waals surface area contributed by atoms with Gasteiger partial charge in [0, 0.05) is 0 Å². The number of epoxide rings is 1. The van der Waals surface area contributed by atoms with Crippen molar-refractivity contribution in [2.24, 2.45) is 0 Å². The number of ether oxygens (including phenoxy) is 1. The zero-order valence-electron chi connectivity index (χ0n) is 3.03. The second-order valence-corrected chi connectivity index (χ2v) is 6.11. The molecule has 6 heavy (non-hydrogen) atoms. The Bertz CT molecular complexity index is 53.5. The van der Waals surface area contributed by atoms with Gasteiger partial charge in [-0.05, 0) is 0 Å². The van der Waals surface area contributed by atoms with Gasteiger partial charge in [-0.3, -0.25) is 0 Å². The summed E-state index contributed by atoms with van der Waals surface area (Å²) in [7, 11) is -1.41. The quantitative estimate of drug-likeness (QED) is 0.298. The minimum absolute atomic E-state index is 0.272. The summed E-state index contributed by atoms with van der Waals surface area (Å²) in [6.07, 6.45) is 0. The van der Waals surface area contributed by atoms with E-state index in [4.69, 9.17) is 26.9 Å². The molecule has 1 aliphatic rings. The first-order valence-electron chi connectivity index (χ1n) is 1.70. The molecule has 36 valence electrons. The van der Waals surface area contributed by atoms with Gasteiger partial charge < -0.3 is 4.74 Å². The van der Waals surface area contributed by atoms with Crippen LogP contribution in [0.15, 0.2) is 0 Å². The van der Waals surface area contributed by atoms with Crippen molar-refractivity contribution in [2.75, 3.05) is 6.61 Å². The van der Waals surface area contributed by atoms with Gasteiger partial charge in [-0.1, -0.05) is 0 Å². The fourth-order valence-corrected chi connectivity index (χ4v) is 1.48. The summed E-state index contributed by atoms with van der Waals surface area (Å²) in [6, 6.07) is 0. The lowest BCUT2D eigenvalue weighted by Crippen LogP contribution is -2.02. The summed E-state index contributed by atoms with van der Waals surface area (Å²) in [4.78, 5) is 0. The van der Waals surface area contributed by atoms with E-state index in [1.54, 1.807) is 0 Å². The molecule has 1 atom stereocenters. The molecule has 0 spiro atoms. The molecule has 0 amide bonds. The summed E-state index contributed by atoms with van der Waals surface area (Å²) in [5.74, 6) is 0. The topological polar surface area (TPSA) is 12.5 Å². The van der Waals surface area contributed by atoms with Crippen molar-refractivity contribution in [3.05, 3.63) is 0 Å². The minimum Gasteiger partial charge on any atom is -0.374 e. The van der Waals surface area contributed by atoms with Gasteiger partial charge in [-0.2, -0.15) is 0 Å². The first-order chi connectivity index (χ1) is 2.80. The van der Waals surface area contributed by atoms with Crippen molar-refractivity contribution in [3.63, 3.8) is 0 Å². The highest BCUT2D eigenvalue weighted by Gasteiger charge is 2.31. The molecule has 0 aromatic rings. The fraction of sp³-hybridized carbons (Fsp3) is 1.00. The smallest absolute Gasteiger partial charge is 0.267 e. The predicted molar refractivity (Wildman–Crippen MR) is 28.6 cm³/mol. The maximum atomic E-state index is 5.45. The average Bonchev–Trinajstić information content (AvgIpc) is 2.06. The molecule has 0 N–H and O–H groups in total. The van der Waals surface area contributed by atoms with Crippen LogP contribution in [0.1, 0.15) is 0 Å². The Labute approximate surface area is 47.2 Å². The van der Waals surface area contributed by atoms with Crippen LogP contribution in [-0.4, -0.2) is 19.8 Å². The Hall–Kier alpha value is 0.757. The van der Waals surface area contributed by atoms with Gasteiger partial charge in [-0.25, -0.2) is 0 Å². The zero-order chi connectivity index (χ0) is 4.57. The first kappa shape index (κ1) is 4.90. The van der Waals surface area contributed by atoms with Crippen molar-refractivity contribution < 1.29 is 4.74 Å². The molecule has 0 aromatic heterocycles. The second-order valence-electron chi connectivity index (χ2n) is 1.21. The number of hydrogen-bond acceptors (Lipinski definition) is 1. The maximum absolute atomic E-state index is 5.45. The maximum Gasteiger partial charge on any atom is 0.267 e. The SMILES string of the molecule is Cl[SiH](Cl)C1CO1. The van der Waals surface area contributed by atoms with Crippen LogP contribution in [-0.2, 0) is 4.74 Å². The van der Waals surface area contributed by atoms with Gasteiger partial charge in [-0.15, -0.1) is 22.2 Å². The van der Waals surface area contributed by atoms with E-state index in [9.17, 15) is 0 Å². The molecule has 1 fully saturated rings. The molecule has 1 nitrogen and oxygen atoms in total. The Morgan fingerprint density at radius 3 is 2.17 bits per heavy atom. The molecular weight excluding hydrogens is 139 g/mol. The highest BCUT2D eigenvalue weighted by atomic mass is 35.7. The standard InChI is InChI=1S/C2H4Cl2OSi/c3-6(4)2-1-5-2/h2,6H,1H2. The van der Waals surface area contributed by atoms with E-state index in [1.807, 2.05) is 0 Å². The molecule has 0 aliphatic carbocycles. The van der Waals surface area contributed by atoms with Gasteiger partial charge in [0.15, 0.2) is 0 Å². The third-order valence-electron chi connectivity index (χ3n) is 0.640. The molecule has 1 aliphatic heterocycles. The van der Waals surface area contributed by atoms with E-state index >= 15 is 0 Å². The monoisotopic (exact) mass is 142 g/mol. The Balaban J connectivity index is 2.13. The number of halogens is 2. The molecule has 1 unspecified atom stereocenters. The Morgan fingerprint density at radius 1 is 1.67 bits per heavy atom. The van der Waals surface area contributed by atoms with E-state index in [0.717, 1.165) is 6.61 Å². The van der Waals surface area contributed by atoms with Gasteiger partial charge in [0.25, 0.3) is 7.42 Å². The van der Waals surface area contributed by atoms with Gasteiger partial charge in [0.2, 0.25) is 0 Å². The van der Waals surface area contributed by atoms with Gasteiger partial charge >= 0.3 is 0 Å². The first-order valence-corrected chi connectivity index (χ1v) is 5.86. The van der Waals surface area contributed by atoms with Crippen molar-refractivity contribution in [1.29, 1.82) is 0 Å². The van der Waals surface area contributed by atoms with Crippen LogP contribution in [0.3, 0.4) is 0 Å². The molecule has 0 bridgehead atoms. The molecule has 1 rings (SSSR count). The van der Waals surface area contributed by atoms with Crippen LogP contribution in [0.4, 0.5) is 0 Å². The molecule has 0 aromatic carbocycles. The van der Waals surface area contributed by atoms with Crippen molar-refractivity contribution in [3.8, 4) is 0 Å². The normalized spacial score (nSPS) is 31.5. The van der Waals surface area contributed by atoms with Crippen LogP contribution < -0.4 is 0 Å². The third kappa shape index (κ3) is 1.12. The van der Waals surface area contributed by atoms with Crippen molar-refractivity contribution >= 4 is 29.6 Å². The van der Waals surface area contributed by atoms with Gasteiger partial charge in [0.05, 0.1) is 6.61 Å². The van der Waals surface area contributed by atoms with E-state index in [1.165, 1.54) is 0 Å². The lowest BCUT2D eigenvalue weighted by atomic mass is 11.0. The van der Waals surface area contributed by atoms with E-state index in [-0.39, 0.29) is 5.73 Å². The Kier molecular flexibility index (Phi) is 1.39. The minimum atomic E-state index is -1.41. The predicted octanol–water partition coefficient (Wildman–Crippen LogP) is 0.622. The number of rotatable bonds is 1. The Morgan fingerprint density at radius 2 is 2.17 bits per heavy atom. The lowest BCUT2D eigenvalue weighted by Gasteiger charge is -1.81. The molecule has 0 saturated carbocycles. The largest absolute Gasteiger partial charge is 0.374 e. The highest BCUT2D eigenvalue weighted by molar-refractivity contribution is 7.34. The second kappa shape index (κ2) is 1.70. The molecule has 1 heterocycles. The van der Waals surface area contributed by atoms with Crippen LogP contribution in [0, 0.1) is 0 Å². The zero-order valence-corrected chi connectivity index (χ0v) is 5.69. The summed E-state index contributed by atoms with van der Waals surface area (Å²) in [5, 5.41) is 0. The molecule has 1 saturated heterocycles. The summed E-state index contributed by atoms with van der Waals surface area (Å²) < 4.78 is 4.77. The van der Waals surface area contributed by atoms with Crippen molar-refractivity contribution in [2.45, 2.75) is 5.73 Å². The summed E-state index contributed by atoms with van der Waals surface area (Å²) in [5.41, 5.74) is 0.272. The lowest BCUT2D eigenvalue weighted by molar-refractivity contribution is 0.455. The van der Waals surface area contributed by atoms with Crippen LogP contribution >= 0.6 is 22.2 Å². The average molecular weight is 143 g/mol. The highest BCUT2D eigenvalue weighted by Crippen LogP contribution is 2.17. The molecule has 4 heteroatoms. The van der Waals surface area contributed by atoms with Crippen LogP contribution in [0.2, 0.25) is 0 Å². The van der Waals surface area contributed by atoms with Gasteiger partial charge in [0.1, 0.15) is 5.73 Å². The number of hydrogen-bond donors (Lipinski definition) is 0. The molecule has 0 radical (unpaired) electrons. The van der Waals surface area contributed by atoms with Crippen molar-refractivity contribution in [1.82, 2.24) is 0 Å². The summed E-state index contributed by atoms with van der Waals surface area (Å²) >= 11 is 10.9. The van der Waals surface area contributed by atoms with Crippen LogP contribution in [0.5, 0.6) is 0 Å². The van der Waals surface area contributed by atoms with Crippen LogP contribution in [0.25, 0.3) is 0 Å². The van der Waals surface area contributed by atoms with E-state index in [2.05, 4.69) is 0 Å². The van der Waals surface area contributed by atoms with E-state index < -0.39 is 7.42 Å².